The molecule has 0 radical (unpaired) electrons. The molecule has 19 heavy (non-hydrogen) atoms. The molecule has 0 saturated heterocycles. The summed E-state index contributed by atoms with van der Waals surface area (Å²) in [6.45, 7) is 4.46. The van der Waals surface area contributed by atoms with Crippen molar-refractivity contribution in [1.82, 2.24) is 10.3 Å². The van der Waals surface area contributed by atoms with Gasteiger partial charge in [-0.2, -0.15) is 0 Å². The maximum Gasteiger partial charge on any atom is 0.0992 e. The van der Waals surface area contributed by atoms with Crippen molar-refractivity contribution in [2.75, 3.05) is 6.54 Å². The highest BCUT2D eigenvalue weighted by atomic mass is 16.3. The van der Waals surface area contributed by atoms with Gasteiger partial charge >= 0.3 is 0 Å². The average Bonchev–Trinajstić information content (AvgIpc) is 3.20. The van der Waals surface area contributed by atoms with Crippen molar-refractivity contribution in [2.45, 2.75) is 38.3 Å². The zero-order chi connectivity index (χ0) is 13.5. The maximum atomic E-state index is 10.6. The number of nitrogens with zero attached hydrogens (tertiary/aromatic N) is 1. The fourth-order valence-corrected chi connectivity index (χ4v) is 2.30. The van der Waals surface area contributed by atoms with Crippen LogP contribution < -0.4 is 5.32 Å². The van der Waals surface area contributed by atoms with Crippen LogP contribution in [0.4, 0.5) is 0 Å². The standard InChI is InChI=1S/C16H20N2O/c1-11-3-4-12-9-13(5-8-15(12)18-11)16(2,19)10-17-14-6-7-14/h3-5,8-9,14,17,19H,6-7,10H2,1-2H3. The van der Waals surface area contributed by atoms with Gasteiger partial charge in [-0.15, -0.1) is 0 Å². The van der Waals surface area contributed by atoms with Crippen LogP contribution >= 0.6 is 0 Å². The van der Waals surface area contributed by atoms with Gasteiger partial charge in [-0.05, 0) is 50.5 Å². The van der Waals surface area contributed by atoms with Crippen LogP contribution in [0.3, 0.4) is 0 Å². The van der Waals surface area contributed by atoms with Crippen molar-refractivity contribution in [3.8, 4) is 0 Å². The van der Waals surface area contributed by atoms with Crippen LogP contribution in [0.1, 0.15) is 31.0 Å². The van der Waals surface area contributed by atoms with Crippen molar-refractivity contribution in [3.05, 3.63) is 41.6 Å². The zero-order valence-corrected chi connectivity index (χ0v) is 11.5. The highest BCUT2D eigenvalue weighted by Gasteiger charge is 2.28. The molecule has 100 valence electrons. The lowest BCUT2D eigenvalue weighted by molar-refractivity contribution is 0.0567. The molecule has 1 saturated carbocycles. The summed E-state index contributed by atoms with van der Waals surface area (Å²) in [7, 11) is 0. The van der Waals surface area contributed by atoms with Crippen LogP contribution in [0.2, 0.25) is 0 Å². The van der Waals surface area contributed by atoms with Crippen LogP contribution in [0, 0.1) is 6.92 Å². The third kappa shape index (κ3) is 2.77. The number of rotatable bonds is 4. The minimum atomic E-state index is -0.832. The molecule has 1 aromatic carbocycles. The van der Waals surface area contributed by atoms with E-state index in [1.54, 1.807) is 0 Å². The summed E-state index contributed by atoms with van der Waals surface area (Å²) in [5, 5.41) is 15.1. The predicted octanol–water partition coefficient (Wildman–Crippen LogP) is 2.50. The summed E-state index contributed by atoms with van der Waals surface area (Å²) in [6, 6.07) is 10.7. The third-order valence-electron chi connectivity index (χ3n) is 3.76. The highest BCUT2D eigenvalue weighted by molar-refractivity contribution is 5.79. The summed E-state index contributed by atoms with van der Waals surface area (Å²) in [6.07, 6.45) is 2.47. The molecule has 0 amide bonds. The lowest BCUT2D eigenvalue weighted by Gasteiger charge is -2.24. The van der Waals surface area contributed by atoms with Gasteiger partial charge < -0.3 is 10.4 Å². The van der Waals surface area contributed by atoms with E-state index in [0.717, 1.165) is 22.2 Å². The smallest absolute Gasteiger partial charge is 0.0992 e. The van der Waals surface area contributed by atoms with Crippen LogP contribution in [0.5, 0.6) is 0 Å². The lowest BCUT2D eigenvalue weighted by atomic mass is 9.94. The van der Waals surface area contributed by atoms with Gasteiger partial charge in [0.1, 0.15) is 0 Å². The fourth-order valence-electron chi connectivity index (χ4n) is 2.30. The minimum Gasteiger partial charge on any atom is -0.384 e. The molecule has 1 aromatic heterocycles. The summed E-state index contributed by atoms with van der Waals surface area (Å²) in [5.41, 5.74) is 2.11. The van der Waals surface area contributed by atoms with E-state index in [0.29, 0.717) is 12.6 Å². The monoisotopic (exact) mass is 256 g/mol. The van der Waals surface area contributed by atoms with E-state index in [9.17, 15) is 5.11 Å². The quantitative estimate of drug-likeness (QED) is 0.883. The van der Waals surface area contributed by atoms with E-state index in [4.69, 9.17) is 0 Å². The van der Waals surface area contributed by atoms with Crippen LogP contribution in [-0.2, 0) is 5.60 Å². The summed E-state index contributed by atoms with van der Waals surface area (Å²) in [5.74, 6) is 0. The van der Waals surface area contributed by atoms with Gasteiger partial charge in [0.05, 0.1) is 11.1 Å². The zero-order valence-electron chi connectivity index (χ0n) is 11.5. The number of aliphatic hydroxyl groups is 1. The largest absolute Gasteiger partial charge is 0.384 e. The number of nitrogens with one attached hydrogen (secondary N) is 1. The first-order valence-electron chi connectivity index (χ1n) is 6.88. The van der Waals surface area contributed by atoms with E-state index in [1.807, 2.05) is 38.1 Å². The Kier molecular flexibility index (Phi) is 3.03. The average molecular weight is 256 g/mol. The van der Waals surface area contributed by atoms with Gasteiger partial charge in [0, 0.05) is 23.7 Å². The molecule has 1 unspecified atom stereocenters. The van der Waals surface area contributed by atoms with Crippen LogP contribution in [-0.4, -0.2) is 22.7 Å². The molecule has 0 aliphatic heterocycles. The number of pyridine rings is 1. The van der Waals surface area contributed by atoms with E-state index in [1.165, 1.54) is 12.8 Å². The number of hydrogen-bond acceptors (Lipinski definition) is 3. The SMILES string of the molecule is Cc1ccc2cc(C(C)(O)CNC3CC3)ccc2n1. The highest BCUT2D eigenvalue weighted by Crippen LogP contribution is 2.26. The molecule has 2 aromatic rings. The second-order valence-electron chi connectivity index (χ2n) is 5.79. The molecule has 3 heteroatoms. The Balaban J connectivity index is 1.88. The fraction of sp³-hybridized carbons (Fsp3) is 0.438. The molecular formula is C16H20N2O. The van der Waals surface area contributed by atoms with E-state index in [2.05, 4.69) is 16.4 Å². The van der Waals surface area contributed by atoms with Crippen LogP contribution in [0.25, 0.3) is 10.9 Å². The number of aromatic nitrogens is 1. The number of aryl methyl sites for hydroxylation is 1. The summed E-state index contributed by atoms with van der Waals surface area (Å²) >= 11 is 0. The number of hydrogen-bond donors (Lipinski definition) is 2. The van der Waals surface area contributed by atoms with E-state index in [-0.39, 0.29) is 0 Å². The van der Waals surface area contributed by atoms with Gasteiger partial charge in [-0.25, -0.2) is 0 Å². The van der Waals surface area contributed by atoms with E-state index >= 15 is 0 Å². The number of benzene rings is 1. The Morgan fingerprint density at radius 3 is 2.84 bits per heavy atom. The topological polar surface area (TPSA) is 45.1 Å². The van der Waals surface area contributed by atoms with Crippen molar-refractivity contribution in [2.24, 2.45) is 0 Å². The van der Waals surface area contributed by atoms with Gasteiger partial charge in [-0.1, -0.05) is 12.1 Å². The first-order valence-corrected chi connectivity index (χ1v) is 6.88. The Morgan fingerprint density at radius 1 is 1.32 bits per heavy atom. The van der Waals surface area contributed by atoms with Crippen molar-refractivity contribution in [1.29, 1.82) is 0 Å². The van der Waals surface area contributed by atoms with Crippen molar-refractivity contribution >= 4 is 10.9 Å². The van der Waals surface area contributed by atoms with Crippen molar-refractivity contribution in [3.63, 3.8) is 0 Å². The second-order valence-corrected chi connectivity index (χ2v) is 5.79. The Labute approximate surface area is 113 Å². The van der Waals surface area contributed by atoms with Crippen molar-refractivity contribution < 1.29 is 5.11 Å². The molecule has 2 N–H and O–H groups in total. The Hall–Kier alpha value is -1.45. The first kappa shape index (κ1) is 12.6. The molecule has 1 aliphatic carbocycles. The molecule has 0 spiro atoms. The summed E-state index contributed by atoms with van der Waals surface area (Å²) < 4.78 is 0. The van der Waals surface area contributed by atoms with Gasteiger partial charge in [0.25, 0.3) is 0 Å². The molecule has 3 rings (SSSR count). The molecule has 0 bridgehead atoms. The Morgan fingerprint density at radius 2 is 2.11 bits per heavy atom. The molecule has 3 nitrogen and oxygen atoms in total. The number of fused-ring (bicyclic) bond motifs is 1. The lowest BCUT2D eigenvalue weighted by Crippen LogP contribution is -2.36. The van der Waals surface area contributed by atoms with Gasteiger partial charge in [0.15, 0.2) is 0 Å². The molecule has 1 aliphatic rings. The van der Waals surface area contributed by atoms with E-state index < -0.39 is 5.60 Å². The molecule has 1 fully saturated rings. The molecule has 1 heterocycles. The minimum absolute atomic E-state index is 0.600. The normalized spacial score (nSPS) is 18.5. The van der Waals surface area contributed by atoms with Gasteiger partial charge in [0.2, 0.25) is 0 Å². The summed E-state index contributed by atoms with van der Waals surface area (Å²) in [4.78, 5) is 4.49. The molecular weight excluding hydrogens is 236 g/mol. The third-order valence-corrected chi connectivity index (χ3v) is 3.76. The second kappa shape index (κ2) is 4.58. The molecule has 1 atom stereocenters. The predicted molar refractivity (Wildman–Crippen MR) is 77.1 cm³/mol. The van der Waals surface area contributed by atoms with Crippen LogP contribution in [0.15, 0.2) is 30.3 Å². The maximum absolute atomic E-state index is 10.6. The Bertz CT molecular complexity index is 603. The van der Waals surface area contributed by atoms with Gasteiger partial charge in [-0.3, -0.25) is 4.98 Å². The first-order chi connectivity index (χ1) is 9.04.